The van der Waals surface area contributed by atoms with Crippen molar-refractivity contribution in [1.29, 1.82) is 0 Å². The van der Waals surface area contributed by atoms with Gasteiger partial charge < -0.3 is 14.8 Å². The van der Waals surface area contributed by atoms with Crippen LogP contribution in [-0.2, 0) is 21.1 Å². The first-order valence-electron chi connectivity index (χ1n) is 6.80. The van der Waals surface area contributed by atoms with E-state index in [2.05, 4.69) is 21.2 Å². The number of hydrogen-bond donors (Lipinski definition) is 1. The zero-order valence-electron chi connectivity index (χ0n) is 12.4. The maximum absolute atomic E-state index is 11.4. The second-order valence-electron chi connectivity index (χ2n) is 4.52. The Labute approximate surface area is 135 Å². The lowest BCUT2D eigenvalue weighted by atomic mass is 10.2. The van der Waals surface area contributed by atoms with Gasteiger partial charge in [-0.05, 0) is 33.6 Å². The van der Waals surface area contributed by atoms with E-state index in [4.69, 9.17) is 9.47 Å². The van der Waals surface area contributed by atoms with Crippen molar-refractivity contribution in [3.05, 3.63) is 28.2 Å². The summed E-state index contributed by atoms with van der Waals surface area (Å²) in [4.78, 5) is 0. The molecule has 0 aromatic heterocycles. The number of hydrogen-bond acceptors (Lipinski definition) is 5. The molecule has 1 aromatic carbocycles. The second-order valence-corrected chi connectivity index (χ2v) is 7.85. The molecule has 0 aliphatic rings. The lowest BCUT2D eigenvalue weighted by Crippen LogP contribution is -2.18. The predicted molar refractivity (Wildman–Crippen MR) is 87.5 cm³/mol. The van der Waals surface area contributed by atoms with Gasteiger partial charge in [-0.25, -0.2) is 8.42 Å². The Balaban J connectivity index is 2.46. The molecule has 1 aromatic rings. The fourth-order valence-corrected chi connectivity index (χ4v) is 2.77. The smallest absolute Gasteiger partial charge is 0.153 e. The SMILES string of the molecule is CCS(=O)(=O)CCOc1ccc(CNCCOC)cc1Br. The summed E-state index contributed by atoms with van der Waals surface area (Å²) >= 11 is 3.44. The van der Waals surface area contributed by atoms with Crippen molar-refractivity contribution >= 4 is 25.8 Å². The van der Waals surface area contributed by atoms with Gasteiger partial charge in [0.1, 0.15) is 12.4 Å². The van der Waals surface area contributed by atoms with Crippen LogP contribution in [0.2, 0.25) is 0 Å². The van der Waals surface area contributed by atoms with Crippen molar-refractivity contribution in [3.8, 4) is 5.75 Å². The molecule has 0 saturated carbocycles. The molecule has 0 amide bonds. The normalized spacial score (nSPS) is 11.6. The Hall–Kier alpha value is -0.630. The monoisotopic (exact) mass is 379 g/mol. The van der Waals surface area contributed by atoms with E-state index in [1.54, 1.807) is 14.0 Å². The average molecular weight is 380 g/mol. The van der Waals surface area contributed by atoms with Crippen molar-refractivity contribution in [2.24, 2.45) is 0 Å². The van der Waals surface area contributed by atoms with Gasteiger partial charge in [-0.1, -0.05) is 13.0 Å². The maximum atomic E-state index is 11.4. The molecule has 0 unspecified atom stereocenters. The minimum absolute atomic E-state index is 0.0380. The first-order chi connectivity index (χ1) is 9.98. The molecule has 0 atom stereocenters. The first kappa shape index (κ1) is 18.4. The van der Waals surface area contributed by atoms with E-state index >= 15 is 0 Å². The summed E-state index contributed by atoms with van der Waals surface area (Å²) in [6.45, 7) is 4.01. The van der Waals surface area contributed by atoms with Crippen molar-refractivity contribution in [2.45, 2.75) is 13.5 Å². The van der Waals surface area contributed by atoms with Crippen molar-refractivity contribution in [1.82, 2.24) is 5.32 Å². The molecule has 1 N–H and O–H groups in total. The van der Waals surface area contributed by atoms with E-state index < -0.39 is 9.84 Å². The van der Waals surface area contributed by atoms with Crippen LogP contribution in [0.4, 0.5) is 0 Å². The summed E-state index contributed by atoms with van der Waals surface area (Å²) in [5.41, 5.74) is 1.12. The standard InChI is InChI=1S/C14H22BrNO4S/c1-3-21(17,18)9-8-20-14-5-4-12(10-13(14)15)11-16-6-7-19-2/h4-5,10,16H,3,6-9,11H2,1-2H3. The lowest BCUT2D eigenvalue weighted by Gasteiger charge is -2.10. The molecular weight excluding hydrogens is 358 g/mol. The zero-order valence-corrected chi connectivity index (χ0v) is 14.8. The number of rotatable bonds is 10. The highest BCUT2D eigenvalue weighted by Crippen LogP contribution is 2.26. The van der Waals surface area contributed by atoms with E-state index in [9.17, 15) is 8.42 Å². The topological polar surface area (TPSA) is 64.6 Å². The minimum Gasteiger partial charge on any atom is -0.491 e. The highest BCUT2D eigenvalue weighted by Gasteiger charge is 2.09. The Bertz CT molecular complexity index is 534. The van der Waals surface area contributed by atoms with Crippen LogP contribution in [0.3, 0.4) is 0 Å². The van der Waals surface area contributed by atoms with Gasteiger partial charge >= 0.3 is 0 Å². The van der Waals surface area contributed by atoms with Crippen LogP contribution in [0.25, 0.3) is 0 Å². The molecule has 0 heterocycles. The molecule has 21 heavy (non-hydrogen) atoms. The van der Waals surface area contributed by atoms with Crippen LogP contribution in [0.1, 0.15) is 12.5 Å². The third kappa shape index (κ3) is 7.26. The summed E-state index contributed by atoms with van der Waals surface area (Å²) in [7, 11) is -1.32. The zero-order chi connectivity index (χ0) is 15.7. The van der Waals surface area contributed by atoms with E-state index in [0.29, 0.717) is 12.4 Å². The van der Waals surface area contributed by atoms with E-state index in [1.807, 2.05) is 18.2 Å². The minimum atomic E-state index is -2.99. The summed E-state index contributed by atoms with van der Waals surface area (Å²) in [6, 6.07) is 5.76. The Morgan fingerprint density at radius 3 is 2.67 bits per heavy atom. The highest BCUT2D eigenvalue weighted by atomic mass is 79.9. The molecule has 0 bridgehead atoms. The molecule has 5 nitrogen and oxygen atoms in total. The number of methoxy groups -OCH3 is 1. The second kappa shape index (κ2) is 9.40. The van der Waals surface area contributed by atoms with Gasteiger partial charge in [0.2, 0.25) is 0 Å². The Kier molecular flexibility index (Phi) is 8.24. The Morgan fingerprint density at radius 2 is 2.05 bits per heavy atom. The van der Waals surface area contributed by atoms with Crippen LogP contribution in [0, 0.1) is 0 Å². The summed E-state index contributed by atoms with van der Waals surface area (Å²) < 4.78 is 34.1. The Morgan fingerprint density at radius 1 is 1.29 bits per heavy atom. The van der Waals surface area contributed by atoms with Crippen molar-refractivity contribution in [3.63, 3.8) is 0 Å². The summed E-state index contributed by atoms with van der Waals surface area (Å²) in [5, 5.41) is 3.25. The molecule has 120 valence electrons. The fraction of sp³-hybridized carbons (Fsp3) is 0.571. The van der Waals surface area contributed by atoms with E-state index in [0.717, 1.165) is 23.1 Å². The number of ether oxygens (including phenoxy) is 2. The maximum Gasteiger partial charge on any atom is 0.153 e. The number of benzene rings is 1. The number of halogens is 1. The molecule has 0 spiro atoms. The quantitative estimate of drug-likeness (QED) is 0.629. The summed E-state index contributed by atoms with van der Waals surface area (Å²) in [5.74, 6) is 0.835. The van der Waals surface area contributed by atoms with Gasteiger partial charge in [0.05, 0.1) is 16.8 Å². The third-order valence-electron chi connectivity index (χ3n) is 2.90. The van der Waals surface area contributed by atoms with Gasteiger partial charge in [0.25, 0.3) is 0 Å². The van der Waals surface area contributed by atoms with Crippen LogP contribution in [-0.4, -0.2) is 46.8 Å². The predicted octanol–water partition coefficient (Wildman–Crippen LogP) is 2.00. The van der Waals surface area contributed by atoms with Gasteiger partial charge in [-0.3, -0.25) is 0 Å². The molecule has 0 saturated heterocycles. The summed E-state index contributed by atoms with van der Waals surface area (Å²) in [6.07, 6.45) is 0. The van der Waals surface area contributed by atoms with Gasteiger partial charge in [0, 0.05) is 26.0 Å². The molecule has 7 heteroatoms. The molecule has 1 rings (SSSR count). The van der Waals surface area contributed by atoms with Crippen molar-refractivity contribution < 1.29 is 17.9 Å². The molecule has 0 radical (unpaired) electrons. The van der Waals surface area contributed by atoms with Gasteiger partial charge in [0.15, 0.2) is 9.84 Å². The largest absolute Gasteiger partial charge is 0.491 e. The van der Waals surface area contributed by atoms with E-state index in [1.165, 1.54) is 0 Å². The van der Waals surface area contributed by atoms with Crippen LogP contribution in [0.15, 0.2) is 22.7 Å². The van der Waals surface area contributed by atoms with Crippen molar-refractivity contribution in [2.75, 3.05) is 38.4 Å². The average Bonchev–Trinajstić information content (AvgIpc) is 2.46. The van der Waals surface area contributed by atoms with E-state index in [-0.39, 0.29) is 18.1 Å². The van der Waals surface area contributed by atoms with Gasteiger partial charge in [-0.15, -0.1) is 0 Å². The lowest BCUT2D eigenvalue weighted by molar-refractivity contribution is 0.199. The molecule has 0 aliphatic heterocycles. The van der Waals surface area contributed by atoms with Crippen LogP contribution >= 0.6 is 15.9 Å². The first-order valence-corrected chi connectivity index (χ1v) is 9.41. The van der Waals surface area contributed by atoms with Crippen LogP contribution in [0.5, 0.6) is 5.75 Å². The number of sulfone groups is 1. The molecule has 0 aliphatic carbocycles. The third-order valence-corrected chi connectivity index (χ3v) is 5.19. The molecule has 0 fully saturated rings. The fourth-order valence-electron chi connectivity index (χ4n) is 1.60. The molecular formula is C14H22BrNO4S. The highest BCUT2D eigenvalue weighted by molar-refractivity contribution is 9.10. The van der Waals surface area contributed by atoms with Crippen LogP contribution < -0.4 is 10.1 Å². The van der Waals surface area contributed by atoms with Gasteiger partial charge in [-0.2, -0.15) is 0 Å². The number of nitrogens with one attached hydrogen (secondary N) is 1.